The van der Waals surface area contributed by atoms with Crippen molar-refractivity contribution in [2.45, 2.75) is 24.3 Å². The number of hydrogen-bond acceptors (Lipinski definition) is 4. The van der Waals surface area contributed by atoms with E-state index in [0.717, 1.165) is 4.90 Å². The lowest BCUT2D eigenvalue weighted by molar-refractivity contribution is -0.140. The molecule has 0 fully saturated rings. The quantitative estimate of drug-likeness (QED) is 0.714. The van der Waals surface area contributed by atoms with Crippen LogP contribution in [0, 0.1) is 6.92 Å². The van der Waals surface area contributed by atoms with E-state index in [9.17, 15) is 9.59 Å². The van der Waals surface area contributed by atoms with Gasteiger partial charge in [0.05, 0.1) is 18.3 Å². The lowest BCUT2D eigenvalue weighted by Gasteiger charge is -2.13. The number of carboxylic acids is 1. The fraction of sp³-hybridized carbons (Fsp3) is 0.429. The van der Waals surface area contributed by atoms with Gasteiger partial charge in [-0.1, -0.05) is 17.7 Å². The molecule has 0 aliphatic heterocycles. The van der Waals surface area contributed by atoms with E-state index in [0.29, 0.717) is 5.75 Å². The average molecular weight is 297 g/mol. The predicted octanol–water partition coefficient (Wildman–Crippen LogP) is 1.69. The van der Waals surface area contributed by atoms with Crippen LogP contribution in [0.5, 0.6) is 0 Å². The molecule has 0 saturated carbocycles. The Morgan fingerprint density at radius 2 is 2.00 bits per heavy atom. The molecular weight excluding hydrogens is 278 g/mol. The topological polar surface area (TPSA) is 75.6 Å². The molecule has 0 aliphatic rings. The first-order chi connectivity index (χ1) is 9.51. The molecule has 1 unspecified atom stereocenters. The Bertz CT molecular complexity index is 447. The zero-order valence-electron chi connectivity index (χ0n) is 11.6. The maximum absolute atomic E-state index is 11.7. The van der Waals surface area contributed by atoms with E-state index in [4.69, 9.17) is 9.84 Å². The molecule has 0 saturated heterocycles. The first-order valence-electron chi connectivity index (χ1n) is 6.22. The van der Waals surface area contributed by atoms with Gasteiger partial charge >= 0.3 is 5.97 Å². The fourth-order valence-corrected chi connectivity index (χ4v) is 2.22. The number of carboxylic acid groups (broad SMARTS) is 1. The Labute approximate surface area is 122 Å². The number of thioether (sulfide) groups is 1. The normalized spacial score (nSPS) is 11.9. The number of benzene rings is 1. The first-order valence-corrected chi connectivity index (χ1v) is 7.20. The van der Waals surface area contributed by atoms with E-state index < -0.39 is 12.1 Å². The van der Waals surface area contributed by atoms with Gasteiger partial charge in [-0.15, -0.1) is 11.8 Å². The van der Waals surface area contributed by atoms with Crippen LogP contribution in [0.4, 0.5) is 0 Å². The molecule has 0 bridgehead atoms. The number of aryl methyl sites for hydroxylation is 1. The Hall–Kier alpha value is -1.53. The first kappa shape index (κ1) is 16.5. The second-order valence-corrected chi connectivity index (χ2v) is 5.41. The second kappa shape index (κ2) is 8.60. The smallest absolute Gasteiger partial charge is 0.306 e. The van der Waals surface area contributed by atoms with Gasteiger partial charge in [-0.3, -0.25) is 9.59 Å². The van der Waals surface area contributed by atoms with Crippen LogP contribution in [0.15, 0.2) is 29.2 Å². The number of methoxy groups -OCH3 is 1. The predicted molar refractivity (Wildman–Crippen MR) is 78.0 cm³/mol. The lowest BCUT2D eigenvalue weighted by atomic mass is 10.2. The molecule has 0 spiro atoms. The number of hydrogen-bond donors (Lipinski definition) is 2. The van der Waals surface area contributed by atoms with Crippen LogP contribution in [0.2, 0.25) is 0 Å². The molecule has 2 N–H and O–H groups in total. The summed E-state index contributed by atoms with van der Waals surface area (Å²) < 4.78 is 4.99. The van der Waals surface area contributed by atoms with Crippen molar-refractivity contribution >= 4 is 23.6 Å². The van der Waals surface area contributed by atoms with Crippen LogP contribution in [-0.2, 0) is 14.3 Å². The Morgan fingerprint density at radius 3 is 2.55 bits per heavy atom. The van der Waals surface area contributed by atoms with Crippen LogP contribution >= 0.6 is 11.8 Å². The molecule has 20 heavy (non-hydrogen) atoms. The summed E-state index contributed by atoms with van der Waals surface area (Å²) in [6, 6.07) is 7.92. The SMILES string of the molecule is COC(CNC(=O)CSc1ccc(C)cc1)CC(=O)O. The van der Waals surface area contributed by atoms with E-state index in [-0.39, 0.29) is 18.9 Å². The number of carbonyl (C=O) groups excluding carboxylic acids is 1. The minimum Gasteiger partial charge on any atom is -0.481 e. The van der Waals surface area contributed by atoms with Crippen molar-refractivity contribution in [2.24, 2.45) is 0 Å². The Morgan fingerprint density at radius 1 is 1.35 bits per heavy atom. The van der Waals surface area contributed by atoms with Crippen molar-refractivity contribution in [2.75, 3.05) is 19.4 Å². The molecule has 110 valence electrons. The van der Waals surface area contributed by atoms with Crippen LogP contribution < -0.4 is 5.32 Å². The third-order valence-corrected chi connectivity index (χ3v) is 3.67. The number of nitrogens with one attached hydrogen (secondary N) is 1. The minimum atomic E-state index is -0.944. The van der Waals surface area contributed by atoms with E-state index >= 15 is 0 Å². The molecule has 0 heterocycles. The molecule has 1 aromatic carbocycles. The maximum atomic E-state index is 11.7. The Balaban J connectivity index is 2.29. The van der Waals surface area contributed by atoms with Crippen LogP contribution in [-0.4, -0.2) is 42.5 Å². The van der Waals surface area contributed by atoms with Gasteiger partial charge in [0, 0.05) is 18.6 Å². The van der Waals surface area contributed by atoms with Gasteiger partial charge in [-0.05, 0) is 19.1 Å². The molecule has 0 aromatic heterocycles. The lowest BCUT2D eigenvalue weighted by Crippen LogP contribution is -2.35. The van der Waals surface area contributed by atoms with Crippen molar-refractivity contribution in [3.63, 3.8) is 0 Å². The summed E-state index contributed by atoms with van der Waals surface area (Å²) in [5, 5.41) is 11.3. The zero-order valence-corrected chi connectivity index (χ0v) is 12.4. The number of amides is 1. The third kappa shape index (κ3) is 6.58. The standard InChI is InChI=1S/C14H19NO4S/c1-10-3-5-12(6-4-10)20-9-13(16)15-8-11(19-2)7-14(17)18/h3-6,11H,7-9H2,1-2H3,(H,15,16)(H,17,18). The maximum Gasteiger partial charge on any atom is 0.306 e. The third-order valence-electron chi connectivity index (χ3n) is 2.65. The number of rotatable bonds is 8. The van der Waals surface area contributed by atoms with Gasteiger partial charge in [-0.25, -0.2) is 0 Å². The van der Waals surface area contributed by atoms with Gasteiger partial charge in [0.2, 0.25) is 5.91 Å². The van der Waals surface area contributed by atoms with E-state index in [2.05, 4.69) is 5.32 Å². The summed E-state index contributed by atoms with van der Waals surface area (Å²) in [6.45, 7) is 2.21. The molecule has 1 aromatic rings. The highest BCUT2D eigenvalue weighted by Gasteiger charge is 2.13. The minimum absolute atomic E-state index is 0.123. The molecule has 6 heteroatoms. The molecule has 1 rings (SSSR count). The van der Waals surface area contributed by atoms with Crippen molar-refractivity contribution < 1.29 is 19.4 Å². The van der Waals surface area contributed by atoms with Gasteiger partial charge in [-0.2, -0.15) is 0 Å². The molecule has 1 amide bonds. The molecule has 1 atom stereocenters. The number of aliphatic carboxylic acids is 1. The van der Waals surface area contributed by atoms with Crippen LogP contribution in [0.1, 0.15) is 12.0 Å². The summed E-state index contributed by atoms with van der Waals surface area (Å²) in [7, 11) is 1.43. The molecule has 5 nitrogen and oxygen atoms in total. The van der Waals surface area contributed by atoms with Crippen molar-refractivity contribution in [1.29, 1.82) is 0 Å². The largest absolute Gasteiger partial charge is 0.481 e. The molecule has 0 radical (unpaired) electrons. The number of ether oxygens (including phenoxy) is 1. The summed E-state index contributed by atoms with van der Waals surface area (Å²) in [5.74, 6) is -0.782. The summed E-state index contributed by atoms with van der Waals surface area (Å²) >= 11 is 1.44. The van der Waals surface area contributed by atoms with Crippen molar-refractivity contribution in [3.8, 4) is 0 Å². The van der Waals surface area contributed by atoms with Gasteiger partial charge in [0.1, 0.15) is 0 Å². The van der Waals surface area contributed by atoms with E-state index in [1.54, 1.807) is 0 Å². The van der Waals surface area contributed by atoms with Crippen molar-refractivity contribution in [1.82, 2.24) is 5.32 Å². The summed E-state index contributed by atoms with van der Waals surface area (Å²) in [4.78, 5) is 23.2. The summed E-state index contributed by atoms with van der Waals surface area (Å²) in [6.07, 6.45) is -0.622. The molecule has 0 aliphatic carbocycles. The Kier molecular flexibility index (Phi) is 7.11. The van der Waals surface area contributed by atoms with Crippen molar-refractivity contribution in [3.05, 3.63) is 29.8 Å². The van der Waals surface area contributed by atoms with E-state index in [1.807, 2.05) is 31.2 Å². The zero-order chi connectivity index (χ0) is 15.0. The van der Waals surface area contributed by atoms with Gasteiger partial charge in [0.25, 0.3) is 0 Å². The highest BCUT2D eigenvalue weighted by atomic mass is 32.2. The number of carbonyl (C=O) groups is 2. The van der Waals surface area contributed by atoms with Crippen LogP contribution in [0.3, 0.4) is 0 Å². The van der Waals surface area contributed by atoms with Gasteiger partial charge < -0.3 is 15.2 Å². The fourth-order valence-electron chi connectivity index (χ4n) is 1.50. The van der Waals surface area contributed by atoms with E-state index in [1.165, 1.54) is 24.4 Å². The highest BCUT2D eigenvalue weighted by Crippen LogP contribution is 2.17. The molecular formula is C14H19NO4S. The van der Waals surface area contributed by atoms with Gasteiger partial charge in [0.15, 0.2) is 0 Å². The highest BCUT2D eigenvalue weighted by molar-refractivity contribution is 8.00. The average Bonchev–Trinajstić information content (AvgIpc) is 2.42. The van der Waals surface area contributed by atoms with Crippen LogP contribution in [0.25, 0.3) is 0 Å². The monoisotopic (exact) mass is 297 g/mol. The summed E-state index contributed by atoms with van der Waals surface area (Å²) in [5.41, 5.74) is 1.18. The second-order valence-electron chi connectivity index (χ2n) is 4.36.